The first-order valence-corrected chi connectivity index (χ1v) is 7.31. The molecule has 0 radical (unpaired) electrons. The Labute approximate surface area is 107 Å². The predicted molar refractivity (Wildman–Crippen MR) is 66.9 cm³/mol. The fraction of sp³-hybridized carbons (Fsp3) is 0.455. The molecular weight excluding hydrogens is 256 g/mol. The number of nitrogens with zero attached hydrogens (tertiary/aromatic N) is 1. The molecule has 0 bridgehead atoms. The molecule has 100 valence electrons. The molecule has 0 unspecified atom stereocenters. The molecule has 0 aliphatic heterocycles. The van der Waals surface area contributed by atoms with Crippen molar-refractivity contribution >= 4 is 16.0 Å². The average molecular weight is 272 g/mol. The van der Waals surface area contributed by atoms with E-state index in [-0.39, 0.29) is 23.5 Å². The summed E-state index contributed by atoms with van der Waals surface area (Å²) in [7, 11) is -3.64. The van der Waals surface area contributed by atoms with Crippen molar-refractivity contribution in [2.75, 3.05) is 6.26 Å². The number of aromatic nitrogens is 1. The third-order valence-electron chi connectivity index (χ3n) is 2.18. The van der Waals surface area contributed by atoms with Gasteiger partial charge in [-0.2, -0.15) is 8.42 Å². The lowest BCUT2D eigenvalue weighted by molar-refractivity contribution is 0.0933. The van der Waals surface area contributed by atoms with Gasteiger partial charge in [-0.15, -0.1) is 0 Å². The number of pyridine rings is 1. The van der Waals surface area contributed by atoms with Gasteiger partial charge in [0.1, 0.15) is 5.69 Å². The SMILES string of the molecule is CC[C@@H](C)NC(=O)c1cccc(OS(C)(=O)=O)n1. The summed E-state index contributed by atoms with van der Waals surface area (Å²) in [6, 6.07) is 4.41. The molecule has 0 aliphatic carbocycles. The lowest BCUT2D eigenvalue weighted by Gasteiger charge is -2.11. The molecule has 18 heavy (non-hydrogen) atoms. The highest BCUT2D eigenvalue weighted by Crippen LogP contribution is 2.10. The lowest BCUT2D eigenvalue weighted by Crippen LogP contribution is -2.32. The summed E-state index contributed by atoms with van der Waals surface area (Å²) in [5, 5.41) is 2.73. The molecule has 0 aliphatic rings. The highest BCUT2D eigenvalue weighted by Gasteiger charge is 2.12. The van der Waals surface area contributed by atoms with Gasteiger partial charge in [-0.3, -0.25) is 4.79 Å². The van der Waals surface area contributed by atoms with Gasteiger partial charge in [-0.05, 0) is 19.4 Å². The van der Waals surface area contributed by atoms with Crippen LogP contribution in [0.3, 0.4) is 0 Å². The second-order valence-corrected chi connectivity index (χ2v) is 5.51. The molecule has 1 heterocycles. The first kappa shape index (κ1) is 14.4. The quantitative estimate of drug-likeness (QED) is 0.806. The largest absolute Gasteiger partial charge is 0.362 e. The second-order valence-electron chi connectivity index (χ2n) is 3.93. The number of nitrogens with one attached hydrogen (secondary N) is 1. The smallest absolute Gasteiger partial charge is 0.307 e. The fourth-order valence-corrected chi connectivity index (χ4v) is 1.55. The van der Waals surface area contributed by atoms with Crippen molar-refractivity contribution in [2.45, 2.75) is 26.3 Å². The summed E-state index contributed by atoms with van der Waals surface area (Å²) in [4.78, 5) is 15.6. The molecule has 7 heteroatoms. The van der Waals surface area contributed by atoms with E-state index in [1.165, 1.54) is 18.2 Å². The molecule has 6 nitrogen and oxygen atoms in total. The first-order valence-electron chi connectivity index (χ1n) is 5.49. The number of hydrogen-bond donors (Lipinski definition) is 1. The summed E-state index contributed by atoms with van der Waals surface area (Å²) >= 11 is 0. The van der Waals surface area contributed by atoms with Crippen molar-refractivity contribution in [3.8, 4) is 5.88 Å². The minimum atomic E-state index is -3.64. The number of rotatable bonds is 5. The number of carbonyl (C=O) groups is 1. The van der Waals surface area contributed by atoms with Crippen molar-refractivity contribution in [3.63, 3.8) is 0 Å². The summed E-state index contributed by atoms with van der Waals surface area (Å²) in [5.74, 6) is -0.474. The minimum absolute atomic E-state index is 0.0267. The van der Waals surface area contributed by atoms with Gasteiger partial charge in [-0.1, -0.05) is 13.0 Å². The molecule has 1 rings (SSSR count). The van der Waals surface area contributed by atoms with Crippen LogP contribution in [0.2, 0.25) is 0 Å². The molecule has 0 saturated heterocycles. The zero-order valence-corrected chi connectivity index (χ0v) is 11.3. The molecule has 1 amide bonds. The van der Waals surface area contributed by atoms with Crippen LogP contribution in [0.5, 0.6) is 5.88 Å². The van der Waals surface area contributed by atoms with Gasteiger partial charge in [0.15, 0.2) is 0 Å². The van der Waals surface area contributed by atoms with Gasteiger partial charge in [0.05, 0.1) is 6.26 Å². The first-order chi connectivity index (χ1) is 8.31. The van der Waals surface area contributed by atoms with Crippen molar-refractivity contribution in [3.05, 3.63) is 23.9 Å². The Balaban J connectivity index is 2.85. The zero-order valence-electron chi connectivity index (χ0n) is 10.5. The van der Waals surface area contributed by atoms with Crippen molar-refractivity contribution in [1.82, 2.24) is 10.3 Å². The fourth-order valence-electron chi connectivity index (χ4n) is 1.14. The second kappa shape index (κ2) is 5.81. The van der Waals surface area contributed by atoms with Gasteiger partial charge >= 0.3 is 10.1 Å². The third kappa shape index (κ3) is 4.70. The van der Waals surface area contributed by atoms with Crippen LogP contribution < -0.4 is 9.50 Å². The van der Waals surface area contributed by atoms with Crippen LogP contribution in [0.4, 0.5) is 0 Å². The molecule has 0 aromatic carbocycles. The van der Waals surface area contributed by atoms with Crippen LogP contribution in [-0.2, 0) is 10.1 Å². The molecule has 1 N–H and O–H groups in total. The highest BCUT2D eigenvalue weighted by atomic mass is 32.2. The van der Waals surface area contributed by atoms with E-state index >= 15 is 0 Å². The molecule has 0 fully saturated rings. The van der Waals surface area contributed by atoms with Crippen molar-refractivity contribution in [2.24, 2.45) is 0 Å². The Morgan fingerprint density at radius 2 is 2.17 bits per heavy atom. The molecule has 1 aromatic rings. The normalized spacial score (nSPS) is 12.8. The van der Waals surface area contributed by atoms with Crippen molar-refractivity contribution < 1.29 is 17.4 Å². The van der Waals surface area contributed by atoms with E-state index in [9.17, 15) is 13.2 Å². The standard InChI is InChI=1S/C11H16N2O4S/c1-4-8(2)12-11(14)9-6-5-7-10(13-9)17-18(3,15)16/h5-8H,4H2,1-3H3,(H,12,14)/t8-/m1/s1. The monoisotopic (exact) mass is 272 g/mol. The molecule has 1 atom stereocenters. The molecule has 0 spiro atoms. The Morgan fingerprint density at radius 3 is 2.72 bits per heavy atom. The lowest BCUT2D eigenvalue weighted by atomic mass is 10.2. The van der Waals surface area contributed by atoms with Gasteiger partial charge in [-0.25, -0.2) is 4.98 Å². The summed E-state index contributed by atoms with van der Waals surface area (Å²) < 4.78 is 26.5. The average Bonchev–Trinajstić information content (AvgIpc) is 2.26. The maximum Gasteiger partial charge on any atom is 0.307 e. The molecule has 1 aromatic heterocycles. The van der Waals surface area contributed by atoms with E-state index in [1.807, 2.05) is 13.8 Å². The van der Waals surface area contributed by atoms with Crippen LogP contribution >= 0.6 is 0 Å². The van der Waals surface area contributed by atoms with Gasteiger partial charge in [0, 0.05) is 12.1 Å². The Kier molecular flexibility index (Phi) is 4.66. The number of carbonyl (C=O) groups excluding carboxylic acids is 1. The maximum atomic E-state index is 11.8. The Bertz CT molecular complexity index is 528. The van der Waals surface area contributed by atoms with E-state index in [0.29, 0.717) is 0 Å². The van der Waals surface area contributed by atoms with E-state index in [0.717, 1.165) is 12.7 Å². The zero-order chi connectivity index (χ0) is 13.8. The number of hydrogen-bond acceptors (Lipinski definition) is 5. The van der Waals surface area contributed by atoms with E-state index < -0.39 is 10.1 Å². The van der Waals surface area contributed by atoms with Crippen molar-refractivity contribution in [1.29, 1.82) is 0 Å². The van der Waals surface area contributed by atoms with Crippen LogP contribution in [0.25, 0.3) is 0 Å². The highest BCUT2D eigenvalue weighted by molar-refractivity contribution is 7.86. The Morgan fingerprint density at radius 1 is 1.50 bits per heavy atom. The summed E-state index contributed by atoms with van der Waals surface area (Å²) in [6.45, 7) is 3.82. The Hall–Kier alpha value is -1.63. The van der Waals surface area contributed by atoms with Crippen LogP contribution in [-0.4, -0.2) is 31.6 Å². The van der Waals surface area contributed by atoms with E-state index in [2.05, 4.69) is 14.5 Å². The van der Waals surface area contributed by atoms with E-state index in [4.69, 9.17) is 0 Å². The minimum Gasteiger partial charge on any atom is -0.362 e. The number of amides is 1. The predicted octanol–water partition coefficient (Wildman–Crippen LogP) is 0.948. The molecular formula is C11H16N2O4S. The summed E-state index contributed by atoms with van der Waals surface area (Å²) in [6.07, 6.45) is 1.71. The van der Waals surface area contributed by atoms with E-state index in [1.54, 1.807) is 0 Å². The van der Waals surface area contributed by atoms with Crippen LogP contribution in [0.15, 0.2) is 18.2 Å². The van der Waals surface area contributed by atoms with Crippen LogP contribution in [0, 0.1) is 0 Å². The third-order valence-corrected chi connectivity index (χ3v) is 2.66. The van der Waals surface area contributed by atoms with Gasteiger partial charge in [0.2, 0.25) is 5.88 Å². The summed E-state index contributed by atoms with van der Waals surface area (Å²) in [5.41, 5.74) is 0.122. The van der Waals surface area contributed by atoms with Gasteiger partial charge < -0.3 is 9.50 Å². The maximum absolute atomic E-state index is 11.8. The van der Waals surface area contributed by atoms with Gasteiger partial charge in [0.25, 0.3) is 5.91 Å². The van der Waals surface area contributed by atoms with Crippen LogP contribution in [0.1, 0.15) is 30.8 Å². The molecule has 0 saturated carbocycles. The topological polar surface area (TPSA) is 85.4 Å².